The number of fused-ring (bicyclic) bond motifs is 1. The number of aromatic nitrogens is 1. The van der Waals surface area contributed by atoms with Crippen molar-refractivity contribution in [2.75, 3.05) is 5.32 Å². The molecule has 0 aliphatic heterocycles. The van der Waals surface area contributed by atoms with Crippen LogP contribution in [0.5, 0.6) is 0 Å². The second-order valence-electron chi connectivity index (χ2n) is 9.32. The number of hydrogen-bond donors (Lipinski definition) is 2. The lowest BCUT2D eigenvalue weighted by atomic mass is 9.98. The van der Waals surface area contributed by atoms with Crippen LogP contribution in [0.2, 0.25) is 0 Å². The summed E-state index contributed by atoms with van der Waals surface area (Å²) >= 11 is 2.02. The SMILES string of the molecule is CC(=O)NCc1cccc(-c2c(C)n(C3CC3)c(=O)c3c(Nc4ccc(I)cc4F)c(C)c(=O)oc23)c1. The predicted octanol–water partition coefficient (Wildman–Crippen LogP) is 5.70. The maximum Gasteiger partial charge on any atom is 0.341 e. The fraction of sp³-hybridized carbons (Fsp3) is 0.250. The molecule has 9 heteroatoms. The molecule has 1 amide bonds. The largest absolute Gasteiger partial charge is 0.421 e. The molecule has 1 aliphatic rings. The maximum absolute atomic E-state index is 14.8. The number of benzene rings is 2. The van der Waals surface area contributed by atoms with Gasteiger partial charge in [0.1, 0.15) is 11.2 Å². The molecular formula is C28H25FIN3O4. The molecule has 1 saturated carbocycles. The summed E-state index contributed by atoms with van der Waals surface area (Å²) in [5.41, 5.74) is 2.77. The first-order chi connectivity index (χ1) is 17.7. The van der Waals surface area contributed by atoms with Crippen molar-refractivity contribution in [3.8, 4) is 11.1 Å². The highest BCUT2D eigenvalue weighted by Crippen LogP contribution is 2.41. The molecule has 2 aromatic carbocycles. The minimum Gasteiger partial charge on any atom is -0.421 e. The number of halogens is 2. The Kier molecular flexibility index (Phi) is 6.65. The number of nitrogens with one attached hydrogen (secondary N) is 2. The average Bonchev–Trinajstić information content (AvgIpc) is 3.67. The van der Waals surface area contributed by atoms with Crippen molar-refractivity contribution < 1.29 is 13.6 Å². The minimum absolute atomic E-state index is 0.0494. The van der Waals surface area contributed by atoms with E-state index >= 15 is 0 Å². The van der Waals surface area contributed by atoms with Crippen molar-refractivity contribution in [3.05, 3.63) is 89.4 Å². The fourth-order valence-electron chi connectivity index (χ4n) is 4.62. The summed E-state index contributed by atoms with van der Waals surface area (Å²) in [6.07, 6.45) is 1.75. The molecule has 2 aromatic heterocycles. The van der Waals surface area contributed by atoms with E-state index in [1.807, 2.05) is 53.8 Å². The van der Waals surface area contributed by atoms with Gasteiger partial charge < -0.3 is 19.6 Å². The van der Waals surface area contributed by atoms with Crippen LogP contribution < -0.4 is 21.8 Å². The minimum atomic E-state index is -0.612. The molecule has 190 valence electrons. The highest BCUT2D eigenvalue weighted by atomic mass is 127. The Hall–Kier alpha value is -3.47. The molecule has 1 aliphatic carbocycles. The summed E-state index contributed by atoms with van der Waals surface area (Å²) in [7, 11) is 0. The van der Waals surface area contributed by atoms with E-state index in [2.05, 4.69) is 10.6 Å². The van der Waals surface area contributed by atoms with Gasteiger partial charge in [-0.05, 0) is 84.7 Å². The van der Waals surface area contributed by atoms with E-state index in [9.17, 15) is 18.8 Å². The molecular weight excluding hydrogens is 588 g/mol. The number of nitrogens with zero attached hydrogens (tertiary/aromatic N) is 1. The highest BCUT2D eigenvalue weighted by molar-refractivity contribution is 14.1. The number of rotatable bonds is 6. The molecule has 0 unspecified atom stereocenters. The lowest BCUT2D eigenvalue weighted by Gasteiger charge is -2.19. The maximum atomic E-state index is 14.8. The van der Waals surface area contributed by atoms with E-state index in [0.29, 0.717) is 17.8 Å². The monoisotopic (exact) mass is 613 g/mol. The molecule has 1 fully saturated rings. The van der Waals surface area contributed by atoms with Gasteiger partial charge in [-0.15, -0.1) is 0 Å². The van der Waals surface area contributed by atoms with Gasteiger partial charge in [0.05, 0.1) is 16.9 Å². The molecule has 0 saturated heterocycles. The lowest BCUT2D eigenvalue weighted by molar-refractivity contribution is -0.119. The molecule has 2 N–H and O–H groups in total. The third-order valence-electron chi connectivity index (χ3n) is 6.60. The van der Waals surface area contributed by atoms with Gasteiger partial charge in [0.15, 0.2) is 5.58 Å². The zero-order valence-electron chi connectivity index (χ0n) is 20.6. The Labute approximate surface area is 225 Å². The summed E-state index contributed by atoms with van der Waals surface area (Å²) in [6.45, 7) is 5.20. The average molecular weight is 613 g/mol. The number of carbonyl (C=O) groups is 1. The van der Waals surface area contributed by atoms with Crippen LogP contribution in [0, 0.1) is 23.2 Å². The quantitative estimate of drug-likeness (QED) is 0.273. The number of anilines is 2. The normalized spacial score (nSPS) is 13.1. The van der Waals surface area contributed by atoms with Crippen LogP contribution in [0.4, 0.5) is 15.8 Å². The van der Waals surface area contributed by atoms with Crippen LogP contribution in [0.15, 0.2) is 56.5 Å². The molecule has 0 bridgehead atoms. The van der Waals surface area contributed by atoms with Crippen molar-refractivity contribution in [1.82, 2.24) is 9.88 Å². The standard InChI is InChI=1S/C28H25FIN3O4/c1-14-25(32-22-10-7-19(30)12-21(22)29)24-26(37-28(14)36)23(15(2)33(27(24)35)20-8-9-20)18-6-4-5-17(11-18)13-31-16(3)34/h4-7,10-12,20,32H,8-9,13H2,1-3H3,(H,31,34). The molecule has 0 spiro atoms. The van der Waals surface area contributed by atoms with Crippen LogP contribution in [0.1, 0.15) is 42.6 Å². The van der Waals surface area contributed by atoms with E-state index in [4.69, 9.17) is 4.42 Å². The first-order valence-electron chi connectivity index (χ1n) is 11.9. The van der Waals surface area contributed by atoms with Crippen molar-refractivity contribution in [2.24, 2.45) is 0 Å². The van der Waals surface area contributed by atoms with Gasteiger partial charge in [-0.1, -0.05) is 18.2 Å². The second-order valence-corrected chi connectivity index (χ2v) is 10.6. The first-order valence-corrected chi connectivity index (χ1v) is 13.0. The third kappa shape index (κ3) is 4.79. The molecule has 7 nitrogen and oxygen atoms in total. The number of hydrogen-bond acceptors (Lipinski definition) is 5. The van der Waals surface area contributed by atoms with E-state index in [1.165, 1.54) is 13.0 Å². The van der Waals surface area contributed by atoms with E-state index in [1.54, 1.807) is 23.6 Å². The van der Waals surface area contributed by atoms with Crippen LogP contribution >= 0.6 is 22.6 Å². The first kappa shape index (κ1) is 25.2. The Morgan fingerprint density at radius 3 is 2.59 bits per heavy atom. The van der Waals surface area contributed by atoms with Gasteiger partial charge in [-0.2, -0.15) is 0 Å². The molecule has 37 heavy (non-hydrogen) atoms. The van der Waals surface area contributed by atoms with Crippen LogP contribution in [0.25, 0.3) is 22.1 Å². The molecule has 0 atom stereocenters. The van der Waals surface area contributed by atoms with E-state index in [0.717, 1.165) is 27.5 Å². The van der Waals surface area contributed by atoms with Gasteiger partial charge in [-0.3, -0.25) is 9.59 Å². The molecule has 5 rings (SSSR count). The smallest absolute Gasteiger partial charge is 0.341 e. The van der Waals surface area contributed by atoms with Crippen LogP contribution in [-0.4, -0.2) is 10.5 Å². The summed E-state index contributed by atoms with van der Waals surface area (Å²) in [5, 5.41) is 6.02. The van der Waals surface area contributed by atoms with Gasteiger partial charge in [0, 0.05) is 34.3 Å². The van der Waals surface area contributed by atoms with Crippen molar-refractivity contribution in [3.63, 3.8) is 0 Å². The number of carbonyl (C=O) groups excluding carboxylic acids is 1. The van der Waals surface area contributed by atoms with Gasteiger partial charge in [-0.25, -0.2) is 9.18 Å². The molecule has 2 heterocycles. The summed E-state index contributed by atoms with van der Waals surface area (Å²) in [4.78, 5) is 38.3. The zero-order valence-corrected chi connectivity index (χ0v) is 22.7. The Balaban J connectivity index is 1.81. The van der Waals surface area contributed by atoms with E-state index < -0.39 is 11.4 Å². The van der Waals surface area contributed by atoms with Crippen LogP contribution in [-0.2, 0) is 11.3 Å². The van der Waals surface area contributed by atoms with Gasteiger partial charge in [0.25, 0.3) is 5.56 Å². The second kappa shape index (κ2) is 9.77. The van der Waals surface area contributed by atoms with Crippen molar-refractivity contribution in [2.45, 2.75) is 46.2 Å². The molecule has 0 radical (unpaired) electrons. The van der Waals surface area contributed by atoms with Crippen LogP contribution in [0.3, 0.4) is 0 Å². The summed E-state index contributed by atoms with van der Waals surface area (Å²) in [6, 6.07) is 12.3. The Morgan fingerprint density at radius 1 is 1.16 bits per heavy atom. The fourth-order valence-corrected chi connectivity index (χ4v) is 5.07. The van der Waals surface area contributed by atoms with Gasteiger partial charge >= 0.3 is 5.63 Å². The summed E-state index contributed by atoms with van der Waals surface area (Å²) in [5.74, 6) is -0.637. The summed E-state index contributed by atoms with van der Waals surface area (Å²) < 4.78 is 23.1. The Bertz CT molecular complexity index is 1690. The zero-order chi connectivity index (χ0) is 26.4. The number of amides is 1. The van der Waals surface area contributed by atoms with Crippen molar-refractivity contribution in [1.29, 1.82) is 0 Å². The predicted molar refractivity (Wildman–Crippen MR) is 150 cm³/mol. The highest BCUT2D eigenvalue weighted by Gasteiger charge is 2.31. The van der Waals surface area contributed by atoms with Crippen molar-refractivity contribution >= 4 is 50.8 Å². The van der Waals surface area contributed by atoms with E-state index in [-0.39, 0.29) is 45.4 Å². The van der Waals surface area contributed by atoms with Gasteiger partial charge in [0.2, 0.25) is 5.91 Å². The lowest BCUT2D eigenvalue weighted by Crippen LogP contribution is -2.25. The third-order valence-corrected chi connectivity index (χ3v) is 7.27. The molecule has 4 aromatic rings. The topological polar surface area (TPSA) is 93.3 Å². The number of pyridine rings is 1. The Morgan fingerprint density at radius 2 is 1.92 bits per heavy atom.